The van der Waals surface area contributed by atoms with Gasteiger partial charge in [0.05, 0.1) is 11.9 Å². The second-order valence-corrected chi connectivity index (χ2v) is 4.91. The first-order valence-electron chi connectivity index (χ1n) is 6.56. The Labute approximate surface area is 119 Å². The Morgan fingerprint density at radius 2 is 2.24 bits per heavy atom. The van der Waals surface area contributed by atoms with Crippen LogP contribution in [0.3, 0.4) is 0 Å². The van der Waals surface area contributed by atoms with Crippen molar-refractivity contribution < 1.29 is 14.0 Å². The van der Waals surface area contributed by atoms with Crippen LogP contribution in [0.4, 0.5) is 0 Å². The molecule has 0 radical (unpaired) electrons. The number of furan rings is 1. The molecule has 1 atom stereocenters. The van der Waals surface area contributed by atoms with Gasteiger partial charge < -0.3 is 19.6 Å². The summed E-state index contributed by atoms with van der Waals surface area (Å²) in [6.45, 7) is 4.02. The van der Waals surface area contributed by atoms with Gasteiger partial charge in [0, 0.05) is 13.1 Å². The maximum absolute atomic E-state index is 12.7. The van der Waals surface area contributed by atoms with Gasteiger partial charge in [-0.2, -0.15) is 0 Å². The number of carbonyl (C=O) groups excluding carboxylic acids is 2. The largest absolute Gasteiger partial charge is 0.442 e. The first kappa shape index (κ1) is 13.3. The van der Waals surface area contributed by atoms with Crippen LogP contribution in [0.15, 0.2) is 15.5 Å². The highest BCUT2D eigenvalue weighted by Gasteiger charge is 2.33. The number of amides is 2. The van der Waals surface area contributed by atoms with Crippen molar-refractivity contribution in [2.45, 2.75) is 19.9 Å². The summed E-state index contributed by atoms with van der Waals surface area (Å²) in [5.41, 5.74) is -0.149. The number of H-pyrrole nitrogens is 1. The highest BCUT2D eigenvalue weighted by molar-refractivity contribution is 6.07. The number of hydrogen-bond acceptors (Lipinski definition) is 5. The summed E-state index contributed by atoms with van der Waals surface area (Å²) < 4.78 is 5.37. The Morgan fingerprint density at radius 1 is 1.48 bits per heavy atom. The lowest BCUT2D eigenvalue weighted by molar-refractivity contribution is -0.127. The fourth-order valence-electron chi connectivity index (χ4n) is 2.51. The standard InChI is InChI=1S/C13H14N4O4/c1-6-10(18)14-3-4-17(6)13(20)8-7(2)21-12-9(8)11(19)15-5-16-12/h5-6H,3-4H2,1-2H3,(H,14,18)(H,15,16,19). The highest BCUT2D eigenvalue weighted by atomic mass is 16.3. The van der Waals surface area contributed by atoms with Crippen LogP contribution in [0, 0.1) is 6.92 Å². The van der Waals surface area contributed by atoms with Gasteiger partial charge in [0.25, 0.3) is 11.5 Å². The molecule has 1 saturated heterocycles. The van der Waals surface area contributed by atoms with Gasteiger partial charge in [0.1, 0.15) is 17.2 Å². The van der Waals surface area contributed by atoms with Gasteiger partial charge in [0.2, 0.25) is 11.6 Å². The predicted molar refractivity (Wildman–Crippen MR) is 72.9 cm³/mol. The van der Waals surface area contributed by atoms with Crippen molar-refractivity contribution in [2.75, 3.05) is 13.1 Å². The number of aromatic amines is 1. The van der Waals surface area contributed by atoms with E-state index in [1.807, 2.05) is 0 Å². The van der Waals surface area contributed by atoms with E-state index in [9.17, 15) is 14.4 Å². The van der Waals surface area contributed by atoms with E-state index in [0.717, 1.165) is 0 Å². The van der Waals surface area contributed by atoms with Crippen LogP contribution in [-0.2, 0) is 4.79 Å². The average molecular weight is 290 g/mol. The van der Waals surface area contributed by atoms with Crippen molar-refractivity contribution in [3.63, 3.8) is 0 Å². The predicted octanol–water partition coefficient (Wildman–Crippen LogP) is -0.215. The van der Waals surface area contributed by atoms with Gasteiger partial charge >= 0.3 is 0 Å². The quantitative estimate of drug-likeness (QED) is 0.755. The molecule has 110 valence electrons. The SMILES string of the molecule is Cc1oc2nc[nH]c(=O)c2c1C(=O)N1CCNC(=O)C1C. The smallest absolute Gasteiger partial charge is 0.262 e. The fourth-order valence-corrected chi connectivity index (χ4v) is 2.51. The molecule has 0 bridgehead atoms. The second kappa shape index (κ2) is 4.72. The van der Waals surface area contributed by atoms with Crippen molar-refractivity contribution in [3.05, 3.63) is 28.0 Å². The lowest BCUT2D eigenvalue weighted by Gasteiger charge is -2.32. The lowest BCUT2D eigenvalue weighted by Crippen LogP contribution is -2.55. The van der Waals surface area contributed by atoms with Crippen LogP contribution >= 0.6 is 0 Å². The van der Waals surface area contributed by atoms with E-state index in [0.29, 0.717) is 18.8 Å². The molecule has 0 spiro atoms. The number of aryl methyl sites for hydroxylation is 1. The minimum absolute atomic E-state index is 0.119. The maximum atomic E-state index is 12.7. The van der Waals surface area contributed by atoms with Gasteiger partial charge in [-0.1, -0.05) is 0 Å². The van der Waals surface area contributed by atoms with E-state index in [1.165, 1.54) is 11.2 Å². The summed E-state index contributed by atoms with van der Waals surface area (Å²) in [6, 6.07) is -0.591. The summed E-state index contributed by atoms with van der Waals surface area (Å²) in [4.78, 5) is 44.1. The van der Waals surface area contributed by atoms with Crippen molar-refractivity contribution in [1.82, 2.24) is 20.2 Å². The summed E-state index contributed by atoms with van der Waals surface area (Å²) in [5, 5.41) is 2.81. The van der Waals surface area contributed by atoms with E-state index < -0.39 is 17.5 Å². The molecule has 2 aromatic rings. The molecule has 1 fully saturated rings. The van der Waals surface area contributed by atoms with Gasteiger partial charge in [-0.15, -0.1) is 0 Å². The topological polar surface area (TPSA) is 108 Å². The minimum atomic E-state index is -0.591. The van der Waals surface area contributed by atoms with Crippen LogP contribution in [0.5, 0.6) is 0 Å². The number of nitrogens with one attached hydrogen (secondary N) is 2. The molecule has 0 aromatic carbocycles. The van der Waals surface area contributed by atoms with E-state index >= 15 is 0 Å². The molecule has 0 saturated carbocycles. The maximum Gasteiger partial charge on any atom is 0.262 e. The van der Waals surface area contributed by atoms with Crippen LogP contribution in [-0.4, -0.2) is 45.8 Å². The lowest BCUT2D eigenvalue weighted by atomic mass is 10.1. The third kappa shape index (κ3) is 1.99. The molecule has 8 heteroatoms. The highest BCUT2D eigenvalue weighted by Crippen LogP contribution is 2.23. The van der Waals surface area contributed by atoms with E-state index in [2.05, 4.69) is 15.3 Å². The van der Waals surface area contributed by atoms with E-state index in [1.54, 1.807) is 13.8 Å². The number of nitrogens with zero attached hydrogens (tertiary/aromatic N) is 2. The zero-order chi connectivity index (χ0) is 15.1. The van der Waals surface area contributed by atoms with E-state index in [4.69, 9.17) is 4.42 Å². The Morgan fingerprint density at radius 3 is 3.00 bits per heavy atom. The summed E-state index contributed by atoms with van der Waals surface area (Å²) in [6.07, 6.45) is 1.22. The van der Waals surface area contributed by atoms with Crippen molar-refractivity contribution in [3.8, 4) is 0 Å². The van der Waals surface area contributed by atoms with Gasteiger partial charge in [-0.25, -0.2) is 4.98 Å². The van der Waals surface area contributed by atoms with Crippen LogP contribution in [0.2, 0.25) is 0 Å². The number of piperazine rings is 1. The molecule has 1 unspecified atom stereocenters. The second-order valence-electron chi connectivity index (χ2n) is 4.91. The molecule has 2 amide bonds. The monoisotopic (exact) mass is 290 g/mol. The average Bonchev–Trinajstić information content (AvgIpc) is 2.79. The fraction of sp³-hybridized carbons (Fsp3) is 0.385. The van der Waals surface area contributed by atoms with Gasteiger partial charge in [-0.05, 0) is 13.8 Å². The van der Waals surface area contributed by atoms with Gasteiger partial charge in [-0.3, -0.25) is 14.4 Å². The Kier molecular flexibility index (Phi) is 3.00. The molecule has 8 nitrogen and oxygen atoms in total. The first-order chi connectivity index (χ1) is 10.0. The molecule has 1 aliphatic rings. The molecule has 2 aromatic heterocycles. The minimum Gasteiger partial charge on any atom is -0.442 e. The molecular formula is C13H14N4O4. The third-order valence-electron chi connectivity index (χ3n) is 3.64. The normalized spacial score (nSPS) is 18.9. The first-order valence-corrected chi connectivity index (χ1v) is 6.56. The summed E-state index contributed by atoms with van der Waals surface area (Å²) in [7, 11) is 0. The molecular weight excluding hydrogens is 276 g/mol. The number of rotatable bonds is 1. The summed E-state index contributed by atoms with van der Waals surface area (Å²) in [5.74, 6) is -0.295. The molecule has 0 aliphatic carbocycles. The molecule has 1 aliphatic heterocycles. The van der Waals surface area contributed by atoms with Crippen LogP contribution in [0.1, 0.15) is 23.0 Å². The third-order valence-corrected chi connectivity index (χ3v) is 3.64. The van der Waals surface area contributed by atoms with E-state index in [-0.39, 0.29) is 22.6 Å². The molecule has 21 heavy (non-hydrogen) atoms. The van der Waals surface area contributed by atoms with Crippen molar-refractivity contribution in [2.24, 2.45) is 0 Å². The molecule has 2 N–H and O–H groups in total. The molecule has 3 rings (SSSR count). The number of carbonyl (C=O) groups is 2. The molecule has 3 heterocycles. The Bertz CT molecular complexity index is 791. The van der Waals surface area contributed by atoms with Crippen molar-refractivity contribution >= 4 is 22.9 Å². The Hall–Kier alpha value is -2.64. The van der Waals surface area contributed by atoms with Crippen LogP contribution < -0.4 is 10.9 Å². The zero-order valence-corrected chi connectivity index (χ0v) is 11.6. The van der Waals surface area contributed by atoms with Gasteiger partial charge in [0.15, 0.2) is 0 Å². The number of hydrogen-bond donors (Lipinski definition) is 2. The number of aromatic nitrogens is 2. The van der Waals surface area contributed by atoms with Crippen LogP contribution in [0.25, 0.3) is 11.1 Å². The van der Waals surface area contributed by atoms with Crippen molar-refractivity contribution in [1.29, 1.82) is 0 Å². The summed E-state index contributed by atoms with van der Waals surface area (Å²) >= 11 is 0. The zero-order valence-electron chi connectivity index (χ0n) is 11.6. The number of fused-ring (bicyclic) bond motifs is 1. The Balaban J connectivity index is 2.12.